The SMILES string of the molecule is Cc1nn2c(c1-c1ccc(C(=O)O)cc1)C(c1ccc(C#N)cc1)=NC2=O. The van der Waals surface area contributed by atoms with E-state index in [2.05, 4.69) is 16.2 Å². The number of aryl methyl sites for hydroxylation is 1. The standard InChI is InChI=1S/C20H12N4O3/c1-11-16(13-6-8-15(9-7-13)19(25)26)18-17(22-20(27)24(18)23-11)14-4-2-12(10-21)3-5-14/h2-9H,1H3,(H,25,26). The van der Waals surface area contributed by atoms with Crippen LogP contribution in [-0.2, 0) is 0 Å². The summed E-state index contributed by atoms with van der Waals surface area (Å²) < 4.78 is 1.25. The van der Waals surface area contributed by atoms with Gasteiger partial charge in [-0.25, -0.2) is 9.59 Å². The number of carbonyl (C=O) groups is 2. The maximum absolute atomic E-state index is 12.3. The number of fused-ring (bicyclic) bond motifs is 1. The Bertz CT molecular complexity index is 1160. The molecular weight excluding hydrogens is 344 g/mol. The second-order valence-corrected chi connectivity index (χ2v) is 6.04. The van der Waals surface area contributed by atoms with Crippen molar-refractivity contribution < 1.29 is 14.7 Å². The summed E-state index contributed by atoms with van der Waals surface area (Å²) in [4.78, 5) is 27.5. The topological polar surface area (TPSA) is 108 Å². The van der Waals surface area contributed by atoms with Gasteiger partial charge in [-0.15, -0.1) is 0 Å². The molecule has 0 saturated heterocycles. The number of rotatable bonds is 3. The number of nitrogens with zero attached hydrogens (tertiary/aromatic N) is 4. The first-order valence-corrected chi connectivity index (χ1v) is 8.07. The predicted octanol–water partition coefficient (Wildman–Crippen LogP) is 3.25. The van der Waals surface area contributed by atoms with Crippen molar-refractivity contribution in [2.45, 2.75) is 6.92 Å². The second-order valence-electron chi connectivity index (χ2n) is 6.04. The van der Waals surface area contributed by atoms with Gasteiger partial charge in [0.2, 0.25) is 0 Å². The Labute approximate surface area is 153 Å². The molecule has 1 aliphatic rings. The van der Waals surface area contributed by atoms with Crippen molar-refractivity contribution in [3.63, 3.8) is 0 Å². The minimum atomic E-state index is -1.01. The number of benzene rings is 2. The van der Waals surface area contributed by atoms with Gasteiger partial charge in [0.15, 0.2) is 0 Å². The van der Waals surface area contributed by atoms with Gasteiger partial charge in [0, 0.05) is 11.1 Å². The van der Waals surface area contributed by atoms with Crippen LogP contribution in [0, 0.1) is 18.3 Å². The summed E-state index contributed by atoms with van der Waals surface area (Å²) in [7, 11) is 0. The first-order valence-electron chi connectivity index (χ1n) is 8.07. The number of carbonyl (C=O) groups excluding carboxylic acids is 1. The Morgan fingerprint density at radius 2 is 1.70 bits per heavy atom. The number of hydrogen-bond donors (Lipinski definition) is 1. The van der Waals surface area contributed by atoms with Crippen LogP contribution in [0.5, 0.6) is 0 Å². The molecule has 1 N–H and O–H groups in total. The number of nitriles is 1. The molecule has 130 valence electrons. The fourth-order valence-electron chi connectivity index (χ4n) is 3.11. The van der Waals surface area contributed by atoms with E-state index in [1.54, 1.807) is 43.3 Å². The highest BCUT2D eigenvalue weighted by molar-refractivity contribution is 6.23. The average Bonchev–Trinajstić information content (AvgIpc) is 3.18. The van der Waals surface area contributed by atoms with Gasteiger partial charge in [-0.2, -0.15) is 20.0 Å². The molecule has 2 aromatic carbocycles. The third kappa shape index (κ3) is 2.60. The van der Waals surface area contributed by atoms with E-state index in [9.17, 15) is 9.59 Å². The van der Waals surface area contributed by atoms with E-state index in [4.69, 9.17) is 10.4 Å². The van der Waals surface area contributed by atoms with Crippen molar-refractivity contribution in [2.75, 3.05) is 0 Å². The van der Waals surface area contributed by atoms with E-state index in [0.717, 1.165) is 11.1 Å². The van der Waals surface area contributed by atoms with Gasteiger partial charge < -0.3 is 5.11 Å². The van der Waals surface area contributed by atoms with E-state index in [1.807, 2.05) is 0 Å². The maximum Gasteiger partial charge on any atom is 0.369 e. The first-order chi connectivity index (χ1) is 13.0. The minimum absolute atomic E-state index is 0.178. The van der Waals surface area contributed by atoms with Crippen LogP contribution in [-0.4, -0.2) is 32.6 Å². The summed E-state index contributed by atoms with van der Waals surface area (Å²) >= 11 is 0. The Morgan fingerprint density at radius 1 is 1.07 bits per heavy atom. The second kappa shape index (κ2) is 6.04. The average molecular weight is 356 g/mol. The van der Waals surface area contributed by atoms with Gasteiger partial charge in [0.05, 0.1) is 22.9 Å². The largest absolute Gasteiger partial charge is 0.478 e. The fraction of sp³-hybridized carbons (Fsp3) is 0.0500. The molecule has 0 atom stereocenters. The summed E-state index contributed by atoms with van der Waals surface area (Å²) in [6.07, 6.45) is 0. The zero-order chi connectivity index (χ0) is 19.1. The molecule has 27 heavy (non-hydrogen) atoms. The van der Waals surface area contributed by atoms with Crippen molar-refractivity contribution in [1.29, 1.82) is 5.26 Å². The maximum atomic E-state index is 12.3. The molecule has 1 aliphatic heterocycles. The smallest absolute Gasteiger partial charge is 0.369 e. The van der Waals surface area contributed by atoms with Crippen molar-refractivity contribution >= 4 is 17.7 Å². The lowest BCUT2D eigenvalue weighted by atomic mass is 9.97. The van der Waals surface area contributed by atoms with Crippen LogP contribution in [0.15, 0.2) is 53.5 Å². The predicted molar refractivity (Wildman–Crippen MR) is 96.9 cm³/mol. The van der Waals surface area contributed by atoms with E-state index in [1.165, 1.54) is 16.8 Å². The molecular formula is C20H12N4O3. The highest BCUT2D eigenvalue weighted by atomic mass is 16.4. The van der Waals surface area contributed by atoms with Gasteiger partial charge in [0.25, 0.3) is 0 Å². The molecule has 0 bridgehead atoms. The molecule has 0 radical (unpaired) electrons. The van der Waals surface area contributed by atoms with E-state index >= 15 is 0 Å². The highest BCUT2D eigenvalue weighted by Crippen LogP contribution is 2.32. The van der Waals surface area contributed by atoms with Crippen molar-refractivity contribution in [1.82, 2.24) is 9.78 Å². The quantitative estimate of drug-likeness (QED) is 0.775. The lowest BCUT2D eigenvalue weighted by Crippen LogP contribution is -2.07. The molecule has 3 aromatic rings. The number of aliphatic imine (C=N–C) groups is 1. The molecule has 7 nitrogen and oxygen atoms in total. The van der Waals surface area contributed by atoms with E-state index in [0.29, 0.717) is 28.2 Å². The molecule has 4 rings (SSSR count). The third-order valence-corrected chi connectivity index (χ3v) is 4.38. The van der Waals surface area contributed by atoms with Crippen LogP contribution in [0.25, 0.3) is 11.1 Å². The van der Waals surface area contributed by atoms with Crippen LogP contribution >= 0.6 is 0 Å². The number of carboxylic acids is 1. The van der Waals surface area contributed by atoms with Crippen LogP contribution in [0.3, 0.4) is 0 Å². The van der Waals surface area contributed by atoms with Crippen LogP contribution in [0.4, 0.5) is 4.79 Å². The Hall–Kier alpha value is -4.05. The summed E-state index contributed by atoms with van der Waals surface area (Å²) in [5.74, 6) is -1.01. The number of hydrogen-bond acceptors (Lipinski definition) is 4. The van der Waals surface area contributed by atoms with E-state index in [-0.39, 0.29) is 5.56 Å². The van der Waals surface area contributed by atoms with Gasteiger partial charge >= 0.3 is 12.0 Å². The molecule has 0 aliphatic carbocycles. The summed E-state index contributed by atoms with van der Waals surface area (Å²) in [5.41, 5.74) is 4.53. The lowest BCUT2D eigenvalue weighted by molar-refractivity contribution is 0.0697. The summed E-state index contributed by atoms with van der Waals surface area (Å²) in [6.45, 7) is 1.79. The van der Waals surface area contributed by atoms with Crippen molar-refractivity contribution in [3.8, 4) is 17.2 Å². The molecule has 0 fully saturated rings. The van der Waals surface area contributed by atoms with Crippen molar-refractivity contribution in [2.24, 2.45) is 4.99 Å². The van der Waals surface area contributed by atoms with E-state index < -0.39 is 12.0 Å². The number of carboxylic acid groups (broad SMARTS) is 1. The zero-order valence-electron chi connectivity index (χ0n) is 14.2. The lowest BCUT2D eigenvalue weighted by Gasteiger charge is -2.06. The number of amides is 1. The molecule has 0 saturated carbocycles. The molecule has 1 amide bonds. The Kier molecular flexibility index (Phi) is 3.67. The Morgan fingerprint density at radius 3 is 2.30 bits per heavy atom. The van der Waals surface area contributed by atoms with Gasteiger partial charge in [-0.3, -0.25) is 0 Å². The highest BCUT2D eigenvalue weighted by Gasteiger charge is 2.31. The van der Waals surface area contributed by atoms with Gasteiger partial charge in [0.1, 0.15) is 11.4 Å². The third-order valence-electron chi connectivity index (χ3n) is 4.38. The van der Waals surface area contributed by atoms with Crippen LogP contribution < -0.4 is 0 Å². The molecule has 0 spiro atoms. The molecule has 2 heterocycles. The minimum Gasteiger partial charge on any atom is -0.478 e. The zero-order valence-corrected chi connectivity index (χ0v) is 14.2. The monoisotopic (exact) mass is 356 g/mol. The van der Waals surface area contributed by atoms with Gasteiger partial charge in [-0.05, 0) is 36.8 Å². The summed E-state index contributed by atoms with van der Waals surface area (Å²) in [5, 5.41) is 22.3. The molecule has 7 heteroatoms. The number of aromatic carboxylic acids is 1. The van der Waals surface area contributed by atoms with Crippen molar-refractivity contribution in [3.05, 3.63) is 76.6 Å². The first kappa shape index (κ1) is 16.4. The molecule has 0 unspecified atom stereocenters. The summed E-state index contributed by atoms with van der Waals surface area (Å²) in [6, 6.07) is 14.8. The number of aromatic nitrogens is 2. The molecule has 1 aromatic heterocycles. The van der Waals surface area contributed by atoms with Gasteiger partial charge in [-0.1, -0.05) is 24.3 Å². The van der Waals surface area contributed by atoms with Crippen LogP contribution in [0.2, 0.25) is 0 Å². The van der Waals surface area contributed by atoms with Crippen LogP contribution in [0.1, 0.15) is 32.9 Å². The Balaban J connectivity index is 1.86. The fourth-order valence-corrected chi connectivity index (χ4v) is 3.11. The normalized spacial score (nSPS) is 12.4.